The molecule has 0 unspecified atom stereocenters. The van der Waals surface area contributed by atoms with Crippen LogP contribution in [0.2, 0.25) is 0 Å². The summed E-state index contributed by atoms with van der Waals surface area (Å²) in [4.78, 5) is 20.5. The van der Waals surface area contributed by atoms with Crippen LogP contribution in [0.3, 0.4) is 0 Å². The molecule has 0 N–H and O–H groups in total. The predicted molar refractivity (Wildman–Crippen MR) is 158 cm³/mol. The first-order valence-electron chi connectivity index (χ1n) is 14.3. The standard InChI is InChI=1S/C31H38N4O5S/c1-5-6-13-28-32-31(18-9-10-19-31)30(36)34(28)20-24-14-16-25(17-15-24)26-11-7-8-12-27(26)41(37,38)35(21-39-4)29-22(2)23(3)40-33-29/h7-8,11-12,14-17H,5-6,9-10,13,18-21H2,1-4H3. The second-order valence-electron chi connectivity index (χ2n) is 10.9. The summed E-state index contributed by atoms with van der Waals surface area (Å²) in [5.74, 6) is 1.76. The Labute approximate surface area is 242 Å². The number of hydrogen-bond donors (Lipinski definition) is 0. The fourth-order valence-corrected chi connectivity index (χ4v) is 7.31. The fourth-order valence-electron chi connectivity index (χ4n) is 5.72. The average molecular weight is 579 g/mol. The largest absolute Gasteiger partial charge is 0.363 e. The zero-order valence-corrected chi connectivity index (χ0v) is 25.0. The summed E-state index contributed by atoms with van der Waals surface area (Å²) in [6.07, 6.45) is 6.58. The molecule has 2 heterocycles. The lowest BCUT2D eigenvalue weighted by Gasteiger charge is -2.23. The highest BCUT2D eigenvalue weighted by Crippen LogP contribution is 2.40. The number of aromatic nitrogens is 1. The summed E-state index contributed by atoms with van der Waals surface area (Å²) in [5, 5.41) is 4.00. The fraction of sp³-hybridized carbons (Fsp3) is 0.452. The molecule has 0 bridgehead atoms. The number of carbonyl (C=O) groups is 1. The van der Waals surface area contributed by atoms with Gasteiger partial charge in [0.05, 0.1) is 11.4 Å². The molecule has 1 aromatic heterocycles. The molecular formula is C31H38N4O5S. The van der Waals surface area contributed by atoms with Crippen LogP contribution in [0, 0.1) is 13.8 Å². The second-order valence-corrected chi connectivity index (χ2v) is 12.7. The molecule has 9 nitrogen and oxygen atoms in total. The Morgan fingerprint density at radius 2 is 1.78 bits per heavy atom. The zero-order valence-electron chi connectivity index (χ0n) is 24.2. The Kier molecular flexibility index (Phi) is 8.33. The minimum Gasteiger partial charge on any atom is -0.363 e. The van der Waals surface area contributed by atoms with Crippen molar-refractivity contribution in [3.63, 3.8) is 0 Å². The molecule has 0 atom stereocenters. The highest BCUT2D eigenvalue weighted by atomic mass is 32.2. The number of sulfonamides is 1. The lowest BCUT2D eigenvalue weighted by atomic mass is 9.98. The van der Waals surface area contributed by atoms with Crippen molar-refractivity contribution < 1.29 is 22.5 Å². The molecule has 2 aromatic carbocycles. The minimum atomic E-state index is -4.05. The second kappa shape index (κ2) is 11.8. The number of anilines is 1. The van der Waals surface area contributed by atoms with Gasteiger partial charge < -0.3 is 9.26 Å². The van der Waals surface area contributed by atoms with Gasteiger partial charge >= 0.3 is 0 Å². The Bertz CT molecular complexity index is 1540. The van der Waals surface area contributed by atoms with Crippen molar-refractivity contribution in [2.75, 3.05) is 18.1 Å². The normalized spacial score (nSPS) is 16.5. The van der Waals surface area contributed by atoms with Crippen LogP contribution in [0.4, 0.5) is 5.82 Å². The van der Waals surface area contributed by atoms with E-state index in [1.807, 2.05) is 35.2 Å². The van der Waals surface area contributed by atoms with E-state index in [4.69, 9.17) is 14.3 Å². The van der Waals surface area contributed by atoms with Crippen LogP contribution in [0.15, 0.2) is 62.9 Å². The number of aryl methyl sites for hydroxylation is 1. The molecule has 1 aliphatic carbocycles. The Morgan fingerprint density at radius 3 is 2.41 bits per heavy atom. The molecule has 218 valence electrons. The summed E-state index contributed by atoms with van der Waals surface area (Å²) in [5.41, 5.74) is 2.34. The Morgan fingerprint density at radius 1 is 1.07 bits per heavy atom. The molecule has 41 heavy (non-hydrogen) atoms. The number of methoxy groups -OCH3 is 1. The van der Waals surface area contributed by atoms with Crippen LogP contribution in [0.1, 0.15) is 68.8 Å². The molecule has 0 radical (unpaired) electrons. The number of amidine groups is 1. The van der Waals surface area contributed by atoms with Gasteiger partial charge in [-0.3, -0.25) is 14.7 Å². The number of aliphatic imine (C=N–C) groups is 1. The maximum atomic E-state index is 14.0. The first-order chi connectivity index (χ1) is 19.7. The first-order valence-corrected chi connectivity index (χ1v) is 15.7. The number of unbranched alkanes of at least 4 members (excludes halogenated alkanes) is 1. The summed E-state index contributed by atoms with van der Waals surface area (Å²) in [7, 11) is -2.61. The van der Waals surface area contributed by atoms with E-state index >= 15 is 0 Å². The molecule has 1 fully saturated rings. The van der Waals surface area contributed by atoms with Crippen molar-refractivity contribution in [1.29, 1.82) is 0 Å². The smallest absolute Gasteiger partial charge is 0.268 e. The average Bonchev–Trinajstić information content (AvgIpc) is 3.66. The van der Waals surface area contributed by atoms with Crippen molar-refractivity contribution in [3.8, 4) is 11.1 Å². The van der Waals surface area contributed by atoms with Crippen molar-refractivity contribution in [2.45, 2.75) is 82.7 Å². The molecule has 0 saturated heterocycles. The molecule has 10 heteroatoms. The maximum Gasteiger partial charge on any atom is 0.268 e. The molecule has 3 aromatic rings. The minimum absolute atomic E-state index is 0.123. The number of carbonyl (C=O) groups excluding carboxylic acids is 1. The van der Waals surface area contributed by atoms with E-state index in [1.165, 1.54) is 7.11 Å². The third kappa shape index (κ3) is 5.42. The van der Waals surface area contributed by atoms with E-state index in [-0.39, 0.29) is 23.4 Å². The van der Waals surface area contributed by atoms with Crippen molar-refractivity contribution in [2.24, 2.45) is 4.99 Å². The Hall–Kier alpha value is -3.50. The van der Waals surface area contributed by atoms with Gasteiger partial charge in [0.2, 0.25) is 0 Å². The topological polar surface area (TPSA) is 105 Å². The van der Waals surface area contributed by atoms with Crippen molar-refractivity contribution in [1.82, 2.24) is 10.1 Å². The van der Waals surface area contributed by atoms with Gasteiger partial charge in [-0.05, 0) is 50.3 Å². The van der Waals surface area contributed by atoms with E-state index in [0.29, 0.717) is 23.4 Å². The third-order valence-corrected chi connectivity index (χ3v) is 9.93. The lowest BCUT2D eigenvalue weighted by Crippen LogP contribution is -2.40. The van der Waals surface area contributed by atoms with Crippen LogP contribution in [-0.2, 0) is 26.1 Å². The number of hydrogen-bond acceptors (Lipinski definition) is 7. The third-order valence-electron chi connectivity index (χ3n) is 8.16. The van der Waals surface area contributed by atoms with Gasteiger partial charge in [0.15, 0.2) is 5.82 Å². The van der Waals surface area contributed by atoms with Crippen LogP contribution in [0.5, 0.6) is 0 Å². The van der Waals surface area contributed by atoms with Crippen molar-refractivity contribution in [3.05, 3.63) is 65.4 Å². The van der Waals surface area contributed by atoms with E-state index < -0.39 is 15.6 Å². The Balaban J connectivity index is 1.43. The zero-order chi connectivity index (χ0) is 29.2. The van der Waals surface area contributed by atoms with Crippen LogP contribution < -0.4 is 4.31 Å². The monoisotopic (exact) mass is 578 g/mol. The predicted octanol–water partition coefficient (Wildman–Crippen LogP) is 6.00. The molecule has 1 spiro atoms. The SMILES string of the molecule is CCCCC1=NC2(CCCC2)C(=O)N1Cc1ccc(-c2ccccc2S(=O)(=O)N(COC)c2noc(C)c2C)cc1. The van der Waals surface area contributed by atoms with E-state index in [1.54, 1.807) is 32.0 Å². The van der Waals surface area contributed by atoms with E-state index in [9.17, 15) is 13.2 Å². The van der Waals surface area contributed by atoms with Crippen molar-refractivity contribution >= 4 is 27.6 Å². The number of benzene rings is 2. The van der Waals surface area contributed by atoms with E-state index in [2.05, 4.69) is 12.1 Å². The summed E-state index contributed by atoms with van der Waals surface area (Å²) in [6.45, 7) is 5.89. The molecule has 1 amide bonds. The quantitative estimate of drug-likeness (QED) is 0.258. The summed E-state index contributed by atoms with van der Waals surface area (Å²) < 4.78 is 39.6. The van der Waals surface area contributed by atoms with E-state index in [0.717, 1.165) is 66.2 Å². The number of amides is 1. The van der Waals surface area contributed by atoms with Gasteiger partial charge in [0.25, 0.3) is 15.9 Å². The molecule has 5 rings (SSSR count). The highest BCUT2D eigenvalue weighted by Gasteiger charge is 2.49. The number of nitrogens with zero attached hydrogens (tertiary/aromatic N) is 4. The first kappa shape index (κ1) is 29.0. The van der Waals surface area contributed by atoms with Gasteiger partial charge in [0.1, 0.15) is 23.9 Å². The maximum absolute atomic E-state index is 14.0. The molecule has 2 aliphatic rings. The van der Waals surface area contributed by atoms with Gasteiger partial charge in [-0.15, -0.1) is 0 Å². The van der Waals surface area contributed by atoms with Gasteiger partial charge in [-0.2, -0.15) is 0 Å². The molecule has 1 aliphatic heterocycles. The van der Waals surface area contributed by atoms with Gasteiger partial charge in [0, 0.05) is 24.7 Å². The van der Waals surface area contributed by atoms with Crippen LogP contribution in [-0.4, -0.2) is 49.6 Å². The highest BCUT2D eigenvalue weighted by molar-refractivity contribution is 7.93. The molecule has 1 saturated carbocycles. The van der Waals surface area contributed by atoms with Crippen LogP contribution in [0.25, 0.3) is 11.1 Å². The summed E-state index contributed by atoms with van der Waals surface area (Å²) in [6, 6.07) is 14.6. The summed E-state index contributed by atoms with van der Waals surface area (Å²) >= 11 is 0. The lowest BCUT2D eigenvalue weighted by molar-refractivity contribution is -0.131. The number of ether oxygens (including phenoxy) is 1. The van der Waals surface area contributed by atoms with Gasteiger partial charge in [-0.25, -0.2) is 12.7 Å². The molecular weight excluding hydrogens is 540 g/mol. The van der Waals surface area contributed by atoms with Gasteiger partial charge in [-0.1, -0.05) is 73.8 Å². The number of rotatable bonds is 11. The van der Waals surface area contributed by atoms with Crippen LogP contribution >= 0.6 is 0 Å².